The van der Waals surface area contributed by atoms with E-state index in [1.54, 1.807) is 24.3 Å². The molecule has 1 aliphatic rings. The number of hydrogen-bond acceptors (Lipinski definition) is 5. The van der Waals surface area contributed by atoms with Gasteiger partial charge in [-0.2, -0.15) is 5.10 Å². The van der Waals surface area contributed by atoms with Crippen LogP contribution in [-0.2, 0) is 19.9 Å². The van der Waals surface area contributed by atoms with Gasteiger partial charge in [-0.05, 0) is 44.9 Å². The molecule has 1 aliphatic heterocycles. The highest BCUT2D eigenvalue weighted by atomic mass is 16.5. The maximum Gasteiger partial charge on any atom is 0.331 e. The van der Waals surface area contributed by atoms with E-state index in [0.29, 0.717) is 30.0 Å². The number of amides is 2. The number of aromatic nitrogens is 2. The number of carboxylic acids is 1. The fourth-order valence-electron chi connectivity index (χ4n) is 2.74. The van der Waals surface area contributed by atoms with Crippen LogP contribution in [0.25, 0.3) is 0 Å². The van der Waals surface area contributed by atoms with E-state index in [1.165, 1.54) is 30.9 Å². The molecule has 0 radical (unpaired) electrons. The van der Waals surface area contributed by atoms with E-state index >= 15 is 0 Å². The zero-order valence-corrected chi connectivity index (χ0v) is 15.6. The number of aliphatic carboxylic acids is 1. The SMILES string of the molecule is CC(C)(C(=O)O)n1cc(NC(=O)c2cccc(NC(=O)C3CCCO3)c2)cn1. The lowest BCUT2D eigenvalue weighted by Gasteiger charge is -2.19. The van der Waals surface area contributed by atoms with Crippen LogP contribution in [0.15, 0.2) is 36.7 Å². The van der Waals surface area contributed by atoms with Crippen molar-refractivity contribution in [3.63, 3.8) is 0 Å². The average molecular weight is 386 g/mol. The molecule has 148 valence electrons. The number of benzene rings is 1. The van der Waals surface area contributed by atoms with Gasteiger partial charge in [0.25, 0.3) is 11.8 Å². The Balaban J connectivity index is 1.67. The minimum Gasteiger partial charge on any atom is -0.479 e. The van der Waals surface area contributed by atoms with Crippen molar-refractivity contribution in [3.05, 3.63) is 42.2 Å². The predicted molar refractivity (Wildman–Crippen MR) is 101 cm³/mol. The summed E-state index contributed by atoms with van der Waals surface area (Å²) in [5.41, 5.74) is -0.0328. The fourth-order valence-corrected chi connectivity index (χ4v) is 2.74. The molecular weight excluding hydrogens is 364 g/mol. The van der Waals surface area contributed by atoms with Gasteiger partial charge in [-0.1, -0.05) is 6.07 Å². The Bertz CT molecular complexity index is 899. The summed E-state index contributed by atoms with van der Waals surface area (Å²) < 4.78 is 6.61. The molecule has 1 atom stereocenters. The largest absolute Gasteiger partial charge is 0.479 e. The van der Waals surface area contributed by atoms with Crippen LogP contribution >= 0.6 is 0 Å². The maximum absolute atomic E-state index is 12.5. The number of nitrogens with zero attached hydrogens (tertiary/aromatic N) is 2. The molecule has 3 rings (SSSR count). The molecule has 28 heavy (non-hydrogen) atoms. The Hall–Kier alpha value is -3.20. The normalized spacial score (nSPS) is 16.6. The van der Waals surface area contributed by atoms with Gasteiger partial charge in [-0.25, -0.2) is 4.79 Å². The third-order valence-electron chi connectivity index (χ3n) is 4.55. The highest BCUT2D eigenvalue weighted by Crippen LogP contribution is 2.19. The van der Waals surface area contributed by atoms with E-state index in [1.807, 2.05) is 0 Å². The monoisotopic (exact) mass is 386 g/mol. The van der Waals surface area contributed by atoms with Gasteiger partial charge in [0.1, 0.15) is 6.10 Å². The van der Waals surface area contributed by atoms with E-state index < -0.39 is 23.5 Å². The van der Waals surface area contributed by atoms with Crippen LogP contribution in [0.4, 0.5) is 11.4 Å². The van der Waals surface area contributed by atoms with E-state index in [9.17, 15) is 19.5 Å². The summed E-state index contributed by atoms with van der Waals surface area (Å²) >= 11 is 0. The quantitative estimate of drug-likeness (QED) is 0.698. The zero-order valence-electron chi connectivity index (χ0n) is 15.6. The summed E-state index contributed by atoms with van der Waals surface area (Å²) in [7, 11) is 0. The van der Waals surface area contributed by atoms with E-state index in [2.05, 4.69) is 15.7 Å². The molecule has 0 saturated carbocycles. The van der Waals surface area contributed by atoms with Crippen molar-refractivity contribution in [3.8, 4) is 0 Å². The average Bonchev–Trinajstić information content (AvgIpc) is 3.34. The van der Waals surface area contributed by atoms with Crippen LogP contribution in [-0.4, -0.2) is 45.4 Å². The van der Waals surface area contributed by atoms with Gasteiger partial charge in [-0.3, -0.25) is 14.3 Å². The third kappa shape index (κ3) is 4.20. The van der Waals surface area contributed by atoms with Gasteiger partial charge in [-0.15, -0.1) is 0 Å². The number of ether oxygens (including phenoxy) is 1. The van der Waals surface area contributed by atoms with Gasteiger partial charge in [0.15, 0.2) is 5.54 Å². The molecule has 0 aliphatic carbocycles. The first kappa shape index (κ1) is 19.6. The van der Waals surface area contributed by atoms with Gasteiger partial charge < -0.3 is 20.5 Å². The van der Waals surface area contributed by atoms with Crippen molar-refractivity contribution in [1.29, 1.82) is 0 Å². The van der Waals surface area contributed by atoms with Crippen molar-refractivity contribution in [2.75, 3.05) is 17.2 Å². The summed E-state index contributed by atoms with van der Waals surface area (Å²) in [6, 6.07) is 6.53. The molecule has 1 aromatic carbocycles. The first-order valence-electron chi connectivity index (χ1n) is 8.90. The van der Waals surface area contributed by atoms with Crippen LogP contribution in [0.5, 0.6) is 0 Å². The molecule has 1 unspecified atom stereocenters. The van der Waals surface area contributed by atoms with Gasteiger partial charge in [0.2, 0.25) is 0 Å². The second kappa shape index (κ2) is 7.81. The number of carboxylic acid groups (broad SMARTS) is 1. The first-order chi connectivity index (χ1) is 13.3. The Morgan fingerprint density at radius 3 is 2.71 bits per heavy atom. The Morgan fingerprint density at radius 2 is 2.04 bits per heavy atom. The molecule has 2 aromatic rings. The van der Waals surface area contributed by atoms with Crippen molar-refractivity contribution < 1.29 is 24.2 Å². The molecule has 9 nitrogen and oxygen atoms in total. The molecule has 0 bridgehead atoms. The van der Waals surface area contributed by atoms with Crippen LogP contribution in [0, 0.1) is 0 Å². The molecule has 0 spiro atoms. The van der Waals surface area contributed by atoms with Crippen molar-refractivity contribution >= 4 is 29.2 Å². The van der Waals surface area contributed by atoms with Crippen LogP contribution in [0.1, 0.15) is 37.0 Å². The Labute approximate surface area is 161 Å². The van der Waals surface area contributed by atoms with Crippen molar-refractivity contribution in [1.82, 2.24) is 9.78 Å². The molecule has 1 saturated heterocycles. The second-order valence-corrected chi connectivity index (χ2v) is 7.06. The highest BCUT2D eigenvalue weighted by Gasteiger charge is 2.30. The number of carbonyl (C=O) groups is 3. The molecule has 1 aromatic heterocycles. The van der Waals surface area contributed by atoms with Gasteiger partial charge in [0, 0.05) is 24.1 Å². The van der Waals surface area contributed by atoms with E-state index in [-0.39, 0.29) is 5.91 Å². The molecule has 1 fully saturated rings. The Morgan fingerprint density at radius 1 is 1.25 bits per heavy atom. The summed E-state index contributed by atoms with van der Waals surface area (Å²) in [5, 5.41) is 18.7. The Kier molecular flexibility index (Phi) is 5.46. The van der Waals surface area contributed by atoms with Gasteiger partial charge in [0.05, 0.1) is 11.9 Å². The number of anilines is 2. The van der Waals surface area contributed by atoms with Crippen molar-refractivity contribution in [2.24, 2.45) is 0 Å². The maximum atomic E-state index is 12.5. The predicted octanol–water partition coefficient (Wildman–Crippen LogP) is 2.07. The lowest BCUT2D eigenvalue weighted by molar-refractivity contribution is -0.146. The lowest BCUT2D eigenvalue weighted by atomic mass is 10.1. The molecule has 9 heteroatoms. The lowest BCUT2D eigenvalue weighted by Crippen LogP contribution is -2.35. The highest BCUT2D eigenvalue weighted by molar-refractivity contribution is 6.05. The number of rotatable bonds is 6. The number of hydrogen-bond donors (Lipinski definition) is 3. The standard InChI is InChI=1S/C19H22N4O5/c1-19(2,18(26)27)23-11-14(10-20-23)22-16(24)12-5-3-6-13(9-12)21-17(25)15-7-4-8-28-15/h3,5-6,9-11,15H,4,7-8H2,1-2H3,(H,21,25)(H,22,24)(H,26,27). The van der Waals surface area contributed by atoms with Crippen molar-refractivity contribution in [2.45, 2.75) is 38.3 Å². The van der Waals surface area contributed by atoms with Crippen LogP contribution in [0.2, 0.25) is 0 Å². The summed E-state index contributed by atoms with van der Waals surface area (Å²) in [5.74, 6) is -1.67. The molecule has 2 amide bonds. The van der Waals surface area contributed by atoms with Crippen LogP contribution in [0.3, 0.4) is 0 Å². The minimum atomic E-state index is -1.24. The topological polar surface area (TPSA) is 123 Å². The summed E-state index contributed by atoms with van der Waals surface area (Å²) in [6.45, 7) is 3.59. The fraction of sp³-hybridized carbons (Fsp3) is 0.368. The third-order valence-corrected chi connectivity index (χ3v) is 4.55. The molecule has 3 N–H and O–H groups in total. The molecule has 2 heterocycles. The number of carbonyl (C=O) groups excluding carboxylic acids is 2. The van der Waals surface area contributed by atoms with Crippen LogP contribution < -0.4 is 10.6 Å². The second-order valence-electron chi connectivity index (χ2n) is 7.06. The summed E-state index contributed by atoms with van der Waals surface area (Å²) in [4.78, 5) is 35.9. The van der Waals surface area contributed by atoms with E-state index in [4.69, 9.17) is 4.74 Å². The summed E-state index contributed by atoms with van der Waals surface area (Å²) in [6.07, 6.45) is 3.91. The minimum absolute atomic E-state index is 0.229. The van der Waals surface area contributed by atoms with Gasteiger partial charge >= 0.3 is 5.97 Å². The number of nitrogens with one attached hydrogen (secondary N) is 2. The van der Waals surface area contributed by atoms with E-state index in [0.717, 1.165) is 6.42 Å². The first-order valence-corrected chi connectivity index (χ1v) is 8.90. The molecular formula is C19H22N4O5. The smallest absolute Gasteiger partial charge is 0.331 e. The zero-order chi connectivity index (χ0) is 20.3.